The highest BCUT2D eigenvalue weighted by molar-refractivity contribution is 6.76. The lowest BCUT2D eigenvalue weighted by Crippen LogP contribution is -2.21. The third kappa shape index (κ3) is 3.64. The van der Waals surface area contributed by atoms with Crippen LogP contribution >= 0.6 is 23.2 Å². The Morgan fingerprint density at radius 3 is 2.12 bits per heavy atom. The van der Waals surface area contributed by atoms with Gasteiger partial charge in [0, 0.05) is 13.5 Å². The molecule has 0 heterocycles. The van der Waals surface area contributed by atoms with Gasteiger partial charge in [0.05, 0.1) is 0 Å². The van der Waals surface area contributed by atoms with Gasteiger partial charge < -0.3 is 0 Å². The predicted molar refractivity (Wildman–Crippen MR) is 82.9 cm³/mol. The molecule has 0 spiro atoms. The second-order valence-electron chi connectivity index (χ2n) is 7.17. The fourth-order valence-electron chi connectivity index (χ4n) is 2.90. The summed E-state index contributed by atoms with van der Waals surface area (Å²) in [4.78, 5) is 0. The summed E-state index contributed by atoms with van der Waals surface area (Å²) in [6.07, 6.45) is 6.45. The number of unbranched alkanes of at least 4 members (excludes halogenated alkanes) is 3. The molecule has 0 amide bonds. The van der Waals surface area contributed by atoms with Crippen molar-refractivity contribution < 1.29 is 0 Å². The molecule has 17 heavy (non-hydrogen) atoms. The minimum Gasteiger partial charge on any atom is -0.101 e. The molecule has 0 N–H and O–H groups in total. The lowest BCUT2D eigenvalue weighted by molar-refractivity contribution is 0.437. The molecule has 2 atom stereocenters. The van der Waals surface area contributed by atoms with Crippen LogP contribution < -0.4 is 0 Å². The van der Waals surface area contributed by atoms with Crippen molar-refractivity contribution in [1.29, 1.82) is 0 Å². The van der Waals surface area contributed by atoms with Crippen molar-refractivity contribution in [2.24, 2.45) is 11.3 Å². The summed E-state index contributed by atoms with van der Waals surface area (Å²) in [5.74, 6) is 0.534. The summed E-state index contributed by atoms with van der Waals surface area (Å²) in [7, 11) is -1.06. The molecule has 0 bridgehead atoms. The van der Waals surface area contributed by atoms with E-state index in [0.717, 1.165) is 0 Å². The zero-order valence-electron chi connectivity index (χ0n) is 12.1. The van der Waals surface area contributed by atoms with Crippen molar-refractivity contribution >= 4 is 31.3 Å². The Kier molecular flexibility index (Phi) is 5.06. The van der Waals surface area contributed by atoms with Gasteiger partial charge in [-0.05, 0) is 12.3 Å². The molecule has 102 valence electrons. The number of halogens is 2. The Morgan fingerprint density at radius 1 is 1.06 bits per heavy atom. The van der Waals surface area contributed by atoms with Crippen molar-refractivity contribution in [3.05, 3.63) is 0 Å². The minimum absolute atomic E-state index is 0.185. The van der Waals surface area contributed by atoms with E-state index in [-0.39, 0.29) is 5.41 Å². The van der Waals surface area contributed by atoms with Crippen LogP contribution in [0.25, 0.3) is 0 Å². The third-order valence-electron chi connectivity index (χ3n) is 4.25. The molecule has 0 aromatic carbocycles. The average molecular weight is 295 g/mol. The molecule has 1 saturated carbocycles. The molecule has 0 radical (unpaired) electrons. The van der Waals surface area contributed by atoms with Gasteiger partial charge in [0.25, 0.3) is 0 Å². The molecule has 1 aliphatic carbocycles. The zero-order chi connectivity index (χ0) is 13.3. The fraction of sp³-hybridized carbons (Fsp3) is 1.00. The van der Waals surface area contributed by atoms with Crippen molar-refractivity contribution in [2.45, 2.75) is 76.0 Å². The number of hydrogen-bond acceptors (Lipinski definition) is 0. The van der Waals surface area contributed by atoms with Gasteiger partial charge in [0.2, 0.25) is 0 Å². The summed E-state index contributed by atoms with van der Waals surface area (Å²) in [5, 5.41) is 0. The standard InChI is InChI=1S/C14H28Cl2Si/c1-6-7-8-9-10-13(2)12(14(13,15)16)11-17(3,4)5/h12H,6-11H2,1-5H3. The minimum atomic E-state index is -1.06. The van der Waals surface area contributed by atoms with Crippen LogP contribution in [-0.4, -0.2) is 12.4 Å². The van der Waals surface area contributed by atoms with E-state index in [1.54, 1.807) is 0 Å². The molecule has 0 aromatic heterocycles. The highest BCUT2D eigenvalue weighted by Crippen LogP contribution is 2.73. The Labute approximate surface area is 118 Å². The highest BCUT2D eigenvalue weighted by atomic mass is 35.5. The molecule has 1 aliphatic rings. The maximum atomic E-state index is 6.52. The number of hydrogen-bond donors (Lipinski definition) is 0. The van der Waals surface area contributed by atoms with E-state index in [2.05, 4.69) is 33.5 Å². The van der Waals surface area contributed by atoms with Crippen molar-refractivity contribution in [3.8, 4) is 0 Å². The molecule has 3 heteroatoms. The highest BCUT2D eigenvalue weighted by Gasteiger charge is 2.72. The SMILES string of the molecule is CCCCCCC1(C)C(C[Si](C)(C)C)C1(Cl)Cl. The molecule has 0 saturated heterocycles. The average Bonchev–Trinajstić information content (AvgIpc) is 2.56. The molecular weight excluding hydrogens is 267 g/mol. The Morgan fingerprint density at radius 2 is 1.65 bits per heavy atom. The third-order valence-corrected chi connectivity index (χ3v) is 7.27. The Hall–Kier alpha value is 0.797. The monoisotopic (exact) mass is 294 g/mol. The van der Waals surface area contributed by atoms with Crippen LogP contribution in [0.2, 0.25) is 25.7 Å². The molecule has 0 nitrogen and oxygen atoms in total. The molecular formula is C14H28Cl2Si. The van der Waals surface area contributed by atoms with E-state index in [1.807, 2.05) is 0 Å². The molecule has 0 aliphatic heterocycles. The quantitative estimate of drug-likeness (QED) is 0.302. The van der Waals surface area contributed by atoms with Crippen molar-refractivity contribution in [3.63, 3.8) is 0 Å². The molecule has 0 aromatic rings. The largest absolute Gasteiger partial charge is 0.127 e. The first-order valence-electron chi connectivity index (χ1n) is 7.03. The van der Waals surface area contributed by atoms with Crippen LogP contribution in [0.15, 0.2) is 0 Å². The molecule has 1 fully saturated rings. The van der Waals surface area contributed by atoms with E-state index in [4.69, 9.17) is 23.2 Å². The van der Waals surface area contributed by atoms with Crippen LogP contribution in [0.1, 0.15) is 46.0 Å². The van der Waals surface area contributed by atoms with Crippen LogP contribution in [0.5, 0.6) is 0 Å². The summed E-state index contributed by atoms with van der Waals surface area (Å²) < 4.78 is -0.445. The first-order valence-corrected chi connectivity index (χ1v) is 11.5. The Bertz CT molecular complexity index is 257. The van der Waals surface area contributed by atoms with E-state index in [1.165, 1.54) is 38.1 Å². The number of alkyl halides is 2. The lowest BCUT2D eigenvalue weighted by Gasteiger charge is -2.17. The fourth-order valence-corrected chi connectivity index (χ4v) is 6.12. The normalized spacial score (nSPS) is 31.6. The van der Waals surface area contributed by atoms with Crippen molar-refractivity contribution in [2.75, 3.05) is 0 Å². The summed E-state index contributed by atoms with van der Waals surface area (Å²) in [6.45, 7) is 11.8. The second-order valence-corrected chi connectivity index (χ2v) is 14.1. The lowest BCUT2D eigenvalue weighted by atomic mass is 9.98. The second kappa shape index (κ2) is 5.42. The van der Waals surface area contributed by atoms with E-state index < -0.39 is 12.4 Å². The summed E-state index contributed by atoms with van der Waals surface area (Å²) in [6, 6.07) is 1.27. The van der Waals surface area contributed by atoms with E-state index in [0.29, 0.717) is 5.92 Å². The summed E-state index contributed by atoms with van der Waals surface area (Å²) in [5.41, 5.74) is 0.185. The van der Waals surface area contributed by atoms with Gasteiger partial charge in [0.1, 0.15) is 4.33 Å². The van der Waals surface area contributed by atoms with Gasteiger partial charge in [0.15, 0.2) is 0 Å². The van der Waals surface area contributed by atoms with E-state index in [9.17, 15) is 0 Å². The van der Waals surface area contributed by atoms with Gasteiger partial charge in [-0.25, -0.2) is 0 Å². The van der Waals surface area contributed by atoms with Crippen LogP contribution in [-0.2, 0) is 0 Å². The maximum absolute atomic E-state index is 6.52. The molecule has 1 rings (SSSR count). The van der Waals surface area contributed by atoms with Gasteiger partial charge in [-0.15, -0.1) is 23.2 Å². The first-order chi connectivity index (χ1) is 7.65. The van der Waals surface area contributed by atoms with Gasteiger partial charge in [-0.1, -0.05) is 65.2 Å². The van der Waals surface area contributed by atoms with Gasteiger partial charge in [-0.3, -0.25) is 0 Å². The number of rotatable bonds is 7. The van der Waals surface area contributed by atoms with Gasteiger partial charge in [-0.2, -0.15) is 0 Å². The predicted octanol–water partition coefficient (Wildman–Crippen LogP) is 6.11. The topological polar surface area (TPSA) is 0 Å². The van der Waals surface area contributed by atoms with Crippen LogP contribution in [0.3, 0.4) is 0 Å². The molecule has 2 unspecified atom stereocenters. The van der Waals surface area contributed by atoms with E-state index >= 15 is 0 Å². The summed E-state index contributed by atoms with van der Waals surface area (Å²) >= 11 is 13.0. The van der Waals surface area contributed by atoms with Crippen LogP contribution in [0.4, 0.5) is 0 Å². The maximum Gasteiger partial charge on any atom is 0.127 e. The zero-order valence-corrected chi connectivity index (χ0v) is 14.6. The van der Waals surface area contributed by atoms with Crippen molar-refractivity contribution in [1.82, 2.24) is 0 Å². The Balaban J connectivity index is 2.47. The van der Waals surface area contributed by atoms with Crippen LogP contribution in [0, 0.1) is 11.3 Å². The smallest absolute Gasteiger partial charge is 0.101 e. The first kappa shape index (κ1) is 15.9. The van der Waals surface area contributed by atoms with Gasteiger partial charge >= 0.3 is 0 Å².